The van der Waals surface area contributed by atoms with Gasteiger partial charge in [-0.1, -0.05) is 30.3 Å². The Labute approximate surface area is 129 Å². The van der Waals surface area contributed by atoms with Gasteiger partial charge in [-0.25, -0.2) is 0 Å². The Morgan fingerprint density at radius 2 is 1.91 bits per heavy atom. The highest BCUT2D eigenvalue weighted by atomic mass is 16.2. The maximum absolute atomic E-state index is 12.3. The van der Waals surface area contributed by atoms with Crippen molar-refractivity contribution in [3.63, 3.8) is 0 Å². The lowest BCUT2D eigenvalue weighted by Gasteiger charge is -2.15. The van der Waals surface area contributed by atoms with E-state index in [-0.39, 0.29) is 12.5 Å². The van der Waals surface area contributed by atoms with Gasteiger partial charge in [0.25, 0.3) is 5.91 Å². The van der Waals surface area contributed by atoms with Crippen LogP contribution in [-0.4, -0.2) is 30.7 Å². The maximum Gasteiger partial charge on any atom is 0.287 e. The lowest BCUT2D eigenvalue weighted by Crippen LogP contribution is -2.39. The van der Waals surface area contributed by atoms with E-state index in [9.17, 15) is 14.4 Å². The molecule has 5 heteroatoms. The van der Waals surface area contributed by atoms with E-state index in [0.29, 0.717) is 18.9 Å². The van der Waals surface area contributed by atoms with Crippen molar-refractivity contribution in [2.24, 2.45) is 17.8 Å². The highest BCUT2D eigenvalue weighted by Crippen LogP contribution is 2.28. The lowest BCUT2D eigenvalue weighted by atomic mass is 9.86. The van der Waals surface area contributed by atoms with E-state index >= 15 is 0 Å². The van der Waals surface area contributed by atoms with Crippen LogP contribution in [0.3, 0.4) is 0 Å². The highest BCUT2D eigenvalue weighted by Gasteiger charge is 2.41. The Hall–Kier alpha value is -2.17. The molecule has 22 heavy (non-hydrogen) atoms. The maximum atomic E-state index is 12.3. The largest absolute Gasteiger partial charge is 0.355 e. The molecule has 1 aliphatic carbocycles. The second-order valence-electron chi connectivity index (χ2n) is 6.17. The molecule has 2 amide bonds. The molecule has 116 valence electrons. The summed E-state index contributed by atoms with van der Waals surface area (Å²) in [6, 6.07) is 9.58. The summed E-state index contributed by atoms with van der Waals surface area (Å²) in [5, 5.41) is 5.41. The van der Waals surface area contributed by atoms with E-state index < -0.39 is 23.5 Å². The number of amides is 2. The van der Waals surface area contributed by atoms with Crippen LogP contribution in [0.15, 0.2) is 30.3 Å². The zero-order chi connectivity index (χ0) is 15.5. The highest BCUT2D eigenvalue weighted by molar-refractivity contribution is 6.37. The molecule has 1 aliphatic heterocycles. The summed E-state index contributed by atoms with van der Waals surface area (Å²) < 4.78 is 0. The third kappa shape index (κ3) is 3.35. The fraction of sp³-hybridized carbons (Fsp3) is 0.471. The first kappa shape index (κ1) is 14.8. The topological polar surface area (TPSA) is 75.3 Å². The summed E-state index contributed by atoms with van der Waals surface area (Å²) in [6.45, 7) is 0.827. The van der Waals surface area contributed by atoms with E-state index in [1.54, 1.807) is 0 Å². The van der Waals surface area contributed by atoms with Crippen LogP contribution in [0.2, 0.25) is 0 Å². The Morgan fingerprint density at radius 1 is 1.18 bits per heavy atom. The first-order valence-electron chi connectivity index (χ1n) is 7.79. The number of benzene rings is 1. The van der Waals surface area contributed by atoms with Crippen LogP contribution in [0.5, 0.6) is 0 Å². The Kier molecular flexibility index (Phi) is 4.22. The van der Waals surface area contributed by atoms with Gasteiger partial charge in [-0.3, -0.25) is 14.4 Å². The molecular formula is C17H20N2O3. The molecular weight excluding hydrogens is 280 g/mol. The summed E-state index contributed by atoms with van der Waals surface area (Å²) >= 11 is 0. The molecule has 1 heterocycles. The van der Waals surface area contributed by atoms with Crippen molar-refractivity contribution in [2.45, 2.75) is 19.3 Å². The SMILES string of the molecule is O=C(NCC1CC1)C(=O)[C@@H]1CNC(=O)[C@H]1Cc1ccccc1. The minimum absolute atomic E-state index is 0.141. The molecule has 2 atom stereocenters. The number of carbonyl (C=O) groups excluding carboxylic acids is 3. The van der Waals surface area contributed by atoms with Gasteiger partial charge in [0.2, 0.25) is 11.7 Å². The minimum atomic E-state index is -0.563. The van der Waals surface area contributed by atoms with Crippen molar-refractivity contribution in [3.05, 3.63) is 35.9 Å². The standard InChI is InChI=1S/C17H20N2O3/c20-15(17(22)18-9-12-6-7-12)14-10-19-16(21)13(14)8-11-4-2-1-3-5-11/h1-5,12-14H,6-10H2,(H,18,22)(H,19,21)/t13-,14+/m0/s1. The third-order valence-corrected chi connectivity index (χ3v) is 4.43. The molecule has 5 nitrogen and oxygen atoms in total. The van der Waals surface area contributed by atoms with Gasteiger partial charge in [0, 0.05) is 13.1 Å². The van der Waals surface area contributed by atoms with E-state index in [0.717, 1.165) is 18.4 Å². The van der Waals surface area contributed by atoms with E-state index in [2.05, 4.69) is 10.6 Å². The van der Waals surface area contributed by atoms with Gasteiger partial charge in [0.05, 0.1) is 11.8 Å². The second-order valence-corrected chi connectivity index (χ2v) is 6.17. The summed E-state index contributed by atoms with van der Waals surface area (Å²) in [4.78, 5) is 36.3. The van der Waals surface area contributed by atoms with Crippen LogP contribution in [0.25, 0.3) is 0 Å². The van der Waals surface area contributed by atoms with Crippen LogP contribution in [-0.2, 0) is 20.8 Å². The fourth-order valence-electron chi connectivity index (χ4n) is 2.86. The van der Waals surface area contributed by atoms with E-state index in [4.69, 9.17) is 0 Å². The zero-order valence-corrected chi connectivity index (χ0v) is 12.4. The van der Waals surface area contributed by atoms with Crippen molar-refractivity contribution in [1.82, 2.24) is 10.6 Å². The monoisotopic (exact) mass is 300 g/mol. The van der Waals surface area contributed by atoms with Crippen molar-refractivity contribution < 1.29 is 14.4 Å². The van der Waals surface area contributed by atoms with Gasteiger partial charge >= 0.3 is 0 Å². The molecule has 1 aromatic rings. The zero-order valence-electron chi connectivity index (χ0n) is 12.4. The minimum Gasteiger partial charge on any atom is -0.355 e. The molecule has 0 bridgehead atoms. The molecule has 1 aromatic carbocycles. The fourth-order valence-corrected chi connectivity index (χ4v) is 2.86. The van der Waals surface area contributed by atoms with Gasteiger partial charge in [-0.15, -0.1) is 0 Å². The number of hydrogen-bond acceptors (Lipinski definition) is 3. The van der Waals surface area contributed by atoms with Crippen molar-refractivity contribution in [2.75, 3.05) is 13.1 Å². The predicted octanol–water partition coefficient (Wildman–Crippen LogP) is 0.687. The van der Waals surface area contributed by atoms with Crippen LogP contribution in [0.4, 0.5) is 0 Å². The average Bonchev–Trinajstić information content (AvgIpc) is 3.30. The molecule has 2 N–H and O–H groups in total. The molecule has 1 saturated carbocycles. The number of ketones is 1. The summed E-state index contributed by atoms with van der Waals surface area (Å²) in [6.07, 6.45) is 2.72. The second kappa shape index (κ2) is 6.30. The molecule has 3 rings (SSSR count). The first-order valence-corrected chi connectivity index (χ1v) is 7.79. The Balaban J connectivity index is 1.64. The summed E-state index contributed by atoms with van der Waals surface area (Å²) in [5.74, 6) is -1.66. The first-order chi connectivity index (χ1) is 10.6. The molecule has 0 radical (unpaired) electrons. The molecule has 0 aromatic heterocycles. The van der Waals surface area contributed by atoms with Gasteiger partial charge in [0.15, 0.2) is 0 Å². The van der Waals surface area contributed by atoms with Gasteiger partial charge < -0.3 is 10.6 Å². The van der Waals surface area contributed by atoms with Crippen molar-refractivity contribution >= 4 is 17.6 Å². The number of rotatable bonds is 6. The molecule has 2 fully saturated rings. The van der Waals surface area contributed by atoms with Crippen molar-refractivity contribution in [1.29, 1.82) is 0 Å². The van der Waals surface area contributed by atoms with Crippen LogP contribution >= 0.6 is 0 Å². The average molecular weight is 300 g/mol. The molecule has 0 unspecified atom stereocenters. The van der Waals surface area contributed by atoms with Crippen LogP contribution < -0.4 is 10.6 Å². The number of Topliss-reactive ketones (excluding diaryl/α,β-unsaturated/α-hetero) is 1. The predicted molar refractivity (Wildman–Crippen MR) is 80.9 cm³/mol. The smallest absolute Gasteiger partial charge is 0.287 e. The van der Waals surface area contributed by atoms with Crippen LogP contribution in [0, 0.1) is 17.8 Å². The van der Waals surface area contributed by atoms with E-state index in [1.165, 1.54) is 0 Å². The lowest BCUT2D eigenvalue weighted by molar-refractivity contribution is -0.141. The third-order valence-electron chi connectivity index (χ3n) is 4.43. The summed E-state index contributed by atoms with van der Waals surface area (Å²) in [7, 11) is 0. The molecule has 1 saturated heterocycles. The van der Waals surface area contributed by atoms with Crippen LogP contribution in [0.1, 0.15) is 18.4 Å². The van der Waals surface area contributed by atoms with Gasteiger partial charge in [-0.2, -0.15) is 0 Å². The van der Waals surface area contributed by atoms with Gasteiger partial charge in [0.1, 0.15) is 0 Å². The Morgan fingerprint density at radius 3 is 2.59 bits per heavy atom. The number of hydrogen-bond donors (Lipinski definition) is 2. The molecule has 2 aliphatic rings. The van der Waals surface area contributed by atoms with Gasteiger partial charge in [-0.05, 0) is 30.7 Å². The van der Waals surface area contributed by atoms with E-state index in [1.807, 2.05) is 30.3 Å². The molecule has 0 spiro atoms. The Bertz CT molecular complexity index is 581. The normalized spacial score (nSPS) is 23.9. The van der Waals surface area contributed by atoms with Crippen molar-refractivity contribution in [3.8, 4) is 0 Å². The number of nitrogens with one attached hydrogen (secondary N) is 2. The number of carbonyl (C=O) groups is 3. The quantitative estimate of drug-likeness (QED) is 0.759. The summed E-state index contributed by atoms with van der Waals surface area (Å²) in [5.41, 5.74) is 1.00.